The number of carbonyl (C=O) groups excluding carboxylic acids is 1. The van der Waals surface area contributed by atoms with Crippen molar-refractivity contribution in [2.45, 2.75) is 6.54 Å². The van der Waals surface area contributed by atoms with Crippen molar-refractivity contribution in [2.75, 3.05) is 0 Å². The molecule has 2 aromatic heterocycles. The first kappa shape index (κ1) is 10.6. The van der Waals surface area contributed by atoms with Crippen LogP contribution >= 0.6 is 0 Å². The second-order valence-corrected chi connectivity index (χ2v) is 3.94. The van der Waals surface area contributed by atoms with Crippen LogP contribution in [0.4, 0.5) is 0 Å². The summed E-state index contributed by atoms with van der Waals surface area (Å²) in [6, 6.07) is 11.3. The van der Waals surface area contributed by atoms with E-state index in [-0.39, 0.29) is 5.91 Å². The average Bonchev–Trinajstić information content (AvgIpc) is 3.04. The second kappa shape index (κ2) is 4.37. The molecule has 0 aliphatic heterocycles. The van der Waals surface area contributed by atoms with Gasteiger partial charge in [0, 0.05) is 17.0 Å². The van der Waals surface area contributed by atoms with Crippen molar-refractivity contribution in [1.82, 2.24) is 15.5 Å². The third-order valence-corrected chi connectivity index (χ3v) is 2.70. The Morgan fingerprint density at radius 3 is 3.00 bits per heavy atom. The minimum atomic E-state index is -0.158. The Balaban J connectivity index is 1.75. The molecule has 0 fully saturated rings. The molecule has 0 saturated carbocycles. The van der Waals surface area contributed by atoms with Crippen molar-refractivity contribution in [3.05, 3.63) is 54.0 Å². The van der Waals surface area contributed by atoms with Crippen LogP contribution in [0.5, 0.6) is 0 Å². The predicted octanol–water partition coefficient (Wildman–Crippen LogP) is 2.09. The molecule has 0 saturated heterocycles. The van der Waals surface area contributed by atoms with Crippen LogP contribution in [0.25, 0.3) is 10.9 Å². The SMILES string of the molecule is O=C(NCc1ccon1)c1cc2ccccc2[nH]1. The molecule has 18 heavy (non-hydrogen) atoms. The highest BCUT2D eigenvalue weighted by Gasteiger charge is 2.09. The molecule has 5 heteroatoms. The molecule has 0 atom stereocenters. The number of carbonyl (C=O) groups is 1. The van der Waals surface area contributed by atoms with E-state index in [9.17, 15) is 4.79 Å². The van der Waals surface area contributed by atoms with Gasteiger partial charge in [-0.1, -0.05) is 23.4 Å². The zero-order chi connectivity index (χ0) is 12.4. The molecule has 0 bridgehead atoms. The monoisotopic (exact) mass is 241 g/mol. The quantitative estimate of drug-likeness (QED) is 0.737. The summed E-state index contributed by atoms with van der Waals surface area (Å²) in [5.74, 6) is -0.158. The lowest BCUT2D eigenvalue weighted by Crippen LogP contribution is -2.23. The number of hydrogen-bond donors (Lipinski definition) is 2. The standard InChI is InChI=1S/C13H11N3O2/c17-13(14-8-10-5-6-18-16-10)12-7-9-3-1-2-4-11(9)15-12/h1-7,15H,8H2,(H,14,17). The van der Waals surface area contributed by atoms with Gasteiger partial charge in [-0.3, -0.25) is 4.79 Å². The number of aromatic nitrogens is 2. The van der Waals surface area contributed by atoms with Gasteiger partial charge in [-0.15, -0.1) is 0 Å². The van der Waals surface area contributed by atoms with E-state index in [0.717, 1.165) is 10.9 Å². The van der Waals surface area contributed by atoms with Crippen LogP contribution in [0, 0.1) is 0 Å². The molecular weight excluding hydrogens is 230 g/mol. The van der Waals surface area contributed by atoms with E-state index >= 15 is 0 Å². The number of hydrogen-bond acceptors (Lipinski definition) is 3. The molecule has 0 spiro atoms. The molecule has 3 rings (SSSR count). The van der Waals surface area contributed by atoms with Gasteiger partial charge in [-0.05, 0) is 12.1 Å². The molecule has 1 aromatic carbocycles. The van der Waals surface area contributed by atoms with Crippen molar-refractivity contribution < 1.29 is 9.32 Å². The highest BCUT2D eigenvalue weighted by Crippen LogP contribution is 2.14. The number of aromatic amines is 1. The maximum absolute atomic E-state index is 11.9. The fourth-order valence-corrected chi connectivity index (χ4v) is 1.79. The van der Waals surface area contributed by atoms with E-state index in [4.69, 9.17) is 4.52 Å². The summed E-state index contributed by atoms with van der Waals surface area (Å²) in [6.45, 7) is 0.352. The summed E-state index contributed by atoms with van der Waals surface area (Å²) in [6.07, 6.45) is 1.48. The van der Waals surface area contributed by atoms with E-state index in [0.29, 0.717) is 17.9 Å². The van der Waals surface area contributed by atoms with Crippen LogP contribution in [-0.2, 0) is 6.54 Å². The van der Waals surface area contributed by atoms with E-state index in [2.05, 4.69) is 15.5 Å². The lowest BCUT2D eigenvalue weighted by atomic mass is 10.2. The van der Waals surface area contributed by atoms with Crippen molar-refractivity contribution in [3.63, 3.8) is 0 Å². The molecular formula is C13H11N3O2. The smallest absolute Gasteiger partial charge is 0.268 e. The second-order valence-electron chi connectivity index (χ2n) is 3.94. The number of H-pyrrole nitrogens is 1. The number of nitrogens with zero attached hydrogens (tertiary/aromatic N) is 1. The summed E-state index contributed by atoms with van der Waals surface area (Å²) in [5, 5.41) is 7.51. The zero-order valence-electron chi connectivity index (χ0n) is 9.51. The number of para-hydroxylation sites is 1. The van der Waals surface area contributed by atoms with E-state index in [1.807, 2.05) is 30.3 Å². The summed E-state index contributed by atoms with van der Waals surface area (Å²) >= 11 is 0. The lowest BCUT2D eigenvalue weighted by molar-refractivity contribution is 0.0946. The van der Waals surface area contributed by atoms with Crippen LogP contribution in [0.15, 0.2) is 47.2 Å². The van der Waals surface area contributed by atoms with Crippen LogP contribution < -0.4 is 5.32 Å². The van der Waals surface area contributed by atoms with Crippen molar-refractivity contribution in [3.8, 4) is 0 Å². The molecule has 2 heterocycles. The van der Waals surface area contributed by atoms with Crippen LogP contribution in [-0.4, -0.2) is 16.0 Å². The topological polar surface area (TPSA) is 70.9 Å². The fourth-order valence-electron chi connectivity index (χ4n) is 1.79. The molecule has 0 unspecified atom stereocenters. The number of nitrogens with one attached hydrogen (secondary N) is 2. The minimum absolute atomic E-state index is 0.158. The maximum atomic E-state index is 11.9. The predicted molar refractivity (Wildman–Crippen MR) is 66.0 cm³/mol. The average molecular weight is 241 g/mol. The maximum Gasteiger partial charge on any atom is 0.268 e. The molecule has 5 nitrogen and oxygen atoms in total. The first-order chi connectivity index (χ1) is 8.83. The third kappa shape index (κ3) is 1.98. The Bertz CT molecular complexity index is 637. The highest BCUT2D eigenvalue weighted by atomic mass is 16.5. The van der Waals surface area contributed by atoms with Crippen LogP contribution in [0.3, 0.4) is 0 Å². The Morgan fingerprint density at radius 1 is 1.33 bits per heavy atom. The lowest BCUT2D eigenvalue weighted by Gasteiger charge is -1.99. The van der Waals surface area contributed by atoms with Gasteiger partial charge in [0.1, 0.15) is 17.7 Å². The normalized spacial score (nSPS) is 10.7. The summed E-state index contributed by atoms with van der Waals surface area (Å²) in [5.41, 5.74) is 2.18. The van der Waals surface area contributed by atoms with Crippen LogP contribution in [0.1, 0.15) is 16.2 Å². The summed E-state index contributed by atoms with van der Waals surface area (Å²) in [7, 11) is 0. The molecule has 3 aromatic rings. The van der Waals surface area contributed by atoms with Gasteiger partial charge < -0.3 is 14.8 Å². The Hall–Kier alpha value is -2.56. The first-order valence-electron chi connectivity index (χ1n) is 5.58. The molecule has 0 aliphatic rings. The Morgan fingerprint density at radius 2 is 2.22 bits per heavy atom. The van der Waals surface area contributed by atoms with Gasteiger partial charge in [0.15, 0.2) is 0 Å². The number of amides is 1. The third-order valence-electron chi connectivity index (χ3n) is 2.70. The fraction of sp³-hybridized carbons (Fsp3) is 0.0769. The number of fused-ring (bicyclic) bond motifs is 1. The summed E-state index contributed by atoms with van der Waals surface area (Å²) < 4.78 is 4.69. The molecule has 0 radical (unpaired) electrons. The Labute approximate surface area is 103 Å². The molecule has 1 amide bonds. The van der Waals surface area contributed by atoms with E-state index < -0.39 is 0 Å². The minimum Gasteiger partial charge on any atom is -0.364 e. The van der Waals surface area contributed by atoms with Gasteiger partial charge in [0.2, 0.25) is 0 Å². The number of rotatable bonds is 3. The molecule has 90 valence electrons. The summed E-state index contributed by atoms with van der Waals surface area (Å²) in [4.78, 5) is 15.0. The van der Waals surface area contributed by atoms with E-state index in [1.54, 1.807) is 6.07 Å². The van der Waals surface area contributed by atoms with Crippen molar-refractivity contribution in [1.29, 1.82) is 0 Å². The van der Waals surface area contributed by atoms with Gasteiger partial charge >= 0.3 is 0 Å². The molecule has 0 aliphatic carbocycles. The van der Waals surface area contributed by atoms with Gasteiger partial charge in [0.25, 0.3) is 5.91 Å². The zero-order valence-corrected chi connectivity index (χ0v) is 9.51. The molecule has 2 N–H and O–H groups in total. The van der Waals surface area contributed by atoms with Crippen LogP contribution in [0.2, 0.25) is 0 Å². The number of benzene rings is 1. The van der Waals surface area contributed by atoms with Gasteiger partial charge in [-0.25, -0.2) is 0 Å². The highest BCUT2D eigenvalue weighted by molar-refractivity contribution is 5.97. The van der Waals surface area contributed by atoms with E-state index in [1.165, 1.54) is 6.26 Å². The largest absolute Gasteiger partial charge is 0.364 e. The van der Waals surface area contributed by atoms with Gasteiger partial charge in [-0.2, -0.15) is 0 Å². The van der Waals surface area contributed by atoms with Crippen molar-refractivity contribution in [2.24, 2.45) is 0 Å². The van der Waals surface area contributed by atoms with Gasteiger partial charge in [0.05, 0.1) is 6.54 Å². The van der Waals surface area contributed by atoms with Crippen molar-refractivity contribution >= 4 is 16.8 Å². The Kier molecular flexibility index (Phi) is 2.57. The first-order valence-corrected chi connectivity index (χ1v) is 5.58.